The molecule has 0 radical (unpaired) electrons. The third-order valence-electron chi connectivity index (χ3n) is 3.01. The fraction of sp³-hybridized carbons (Fsp3) is 0.929. The van der Waals surface area contributed by atoms with E-state index in [2.05, 4.69) is 34.2 Å². The van der Waals surface area contributed by atoms with E-state index in [4.69, 9.17) is 0 Å². The second-order valence-electron chi connectivity index (χ2n) is 6.23. The van der Waals surface area contributed by atoms with Crippen molar-refractivity contribution in [3.05, 3.63) is 0 Å². The van der Waals surface area contributed by atoms with Crippen molar-refractivity contribution < 1.29 is 8.42 Å². The van der Waals surface area contributed by atoms with Crippen molar-refractivity contribution in [1.29, 1.82) is 0 Å². The molecule has 0 bridgehead atoms. The molecule has 0 aromatic heterocycles. The first-order valence-corrected chi connectivity index (χ1v) is 9.45. The first-order chi connectivity index (χ1) is 9.59. The van der Waals surface area contributed by atoms with E-state index in [0.717, 1.165) is 12.7 Å². The molecule has 0 saturated carbocycles. The summed E-state index contributed by atoms with van der Waals surface area (Å²) < 4.78 is 25.2. The van der Waals surface area contributed by atoms with Crippen molar-refractivity contribution in [1.82, 2.24) is 15.4 Å². The van der Waals surface area contributed by atoms with Gasteiger partial charge in [0.1, 0.15) is 0 Å². The quantitative estimate of drug-likeness (QED) is 0.218. The van der Waals surface area contributed by atoms with Crippen LogP contribution >= 0.6 is 24.0 Å². The number of unbranched alkanes of at least 4 members (excludes halogenated alkanes) is 2. The van der Waals surface area contributed by atoms with Crippen LogP contribution in [0, 0.1) is 0 Å². The predicted octanol–water partition coefficient (Wildman–Crippen LogP) is 2.07. The minimum Gasteiger partial charge on any atom is -0.355 e. The maximum Gasteiger partial charge on any atom is 0.209 e. The Bertz CT molecular complexity index is 425. The number of halogens is 1. The van der Waals surface area contributed by atoms with E-state index in [9.17, 15) is 8.42 Å². The second-order valence-corrected chi connectivity index (χ2v) is 7.97. The SMILES string of the molecule is CCCCCC(C)NC(=NC)NCC(C)(C)NS(C)(=O)=O.I. The van der Waals surface area contributed by atoms with Gasteiger partial charge in [0, 0.05) is 25.2 Å². The molecule has 6 nitrogen and oxygen atoms in total. The Labute approximate surface area is 153 Å². The van der Waals surface area contributed by atoms with Crippen molar-refractivity contribution in [2.75, 3.05) is 19.8 Å². The minimum atomic E-state index is -3.22. The highest BCUT2D eigenvalue weighted by Crippen LogP contribution is 2.04. The van der Waals surface area contributed by atoms with Crippen molar-refractivity contribution in [3.63, 3.8) is 0 Å². The zero-order chi connectivity index (χ0) is 16.5. The molecule has 1 unspecified atom stereocenters. The molecule has 0 fully saturated rings. The van der Waals surface area contributed by atoms with Gasteiger partial charge in [-0.15, -0.1) is 24.0 Å². The van der Waals surface area contributed by atoms with E-state index >= 15 is 0 Å². The van der Waals surface area contributed by atoms with Crippen molar-refractivity contribution in [2.24, 2.45) is 4.99 Å². The molecule has 0 aliphatic rings. The molecule has 0 rings (SSSR count). The number of aliphatic imine (C=N–C) groups is 1. The molecule has 0 saturated heterocycles. The summed E-state index contributed by atoms with van der Waals surface area (Å²) in [6.07, 6.45) is 5.91. The molecule has 1 atom stereocenters. The predicted molar refractivity (Wildman–Crippen MR) is 106 cm³/mol. The van der Waals surface area contributed by atoms with Gasteiger partial charge in [-0.3, -0.25) is 4.99 Å². The Kier molecular flexibility index (Phi) is 12.6. The van der Waals surface area contributed by atoms with Crippen LogP contribution in [-0.4, -0.2) is 45.8 Å². The van der Waals surface area contributed by atoms with Crippen LogP contribution in [0.15, 0.2) is 4.99 Å². The van der Waals surface area contributed by atoms with Gasteiger partial charge >= 0.3 is 0 Å². The van der Waals surface area contributed by atoms with E-state index in [1.807, 2.05) is 13.8 Å². The molecule has 0 aromatic carbocycles. The molecule has 22 heavy (non-hydrogen) atoms. The summed E-state index contributed by atoms with van der Waals surface area (Å²) in [6, 6.07) is 0.341. The van der Waals surface area contributed by atoms with Gasteiger partial charge in [0.25, 0.3) is 0 Å². The van der Waals surface area contributed by atoms with Gasteiger partial charge in [0.2, 0.25) is 10.0 Å². The average Bonchev–Trinajstić information content (AvgIpc) is 2.31. The van der Waals surface area contributed by atoms with E-state index in [1.54, 1.807) is 7.05 Å². The lowest BCUT2D eigenvalue weighted by Gasteiger charge is -2.27. The maximum atomic E-state index is 11.3. The van der Waals surface area contributed by atoms with E-state index in [0.29, 0.717) is 18.5 Å². The third kappa shape index (κ3) is 13.6. The van der Waals surface area contributed by atoms with Gasteiger partial charge in [-0.2, -0.15) is 0 Å². The summed E-state index contributed by atoms with van der Waals surface area (Å²) in [5.74, 6) is 0.697. The van der Waals surface area contributed by atoms with Crippen molar-refractivity contribution in [2.45, 2.75) is 65.0 Å². The fourth-order valence-corrected chi connectivity index (χ4v) is 3.12. The summed E-state index contributed by atoms with van der Waals surface area (Å²) in [5.41, 5.74) is -0.573. The number of guanidine groups is 1. The van der Waals surface area contributed by atoms with Gasteiger partial charge in [0.15, 0.2) is 5.96 Å². The lowest BCUT2D eigenvalue weighted by Crippen LogP contribution is -2.53. The Morgan fingerprint density at radius 3 is 2.32 bits per heavy atom. The van der Waals surface area contributed by atoms with Crippen LogP contribution in [0.2, 0.25) is 0 Å². The van der Waals surface area contributed by atoms with Crippen LogP contribution in [0.3, 0.4) is 0 Å². The van der Waals surface area contributed by atoms with E-state index < -0.39 is 15.6 Å². The normalized spacial score (nSPS) is 14.2. The smallest absolute Gasteiger partial charge is 0.209 e. The van der Waals surface area contributed by atoms with Crippen LogP contribution in [-0.2, 0) is 10.0 Å². The summed E-state index contributed by atoms with van der Waals surface area (Å²) in [6.45, 7) is 8.44. The summed E-state index contributed by atoms with van der Waals surface area (Å²) >= 11 is 0. The second kappa shape index (κ2) is 11.4. The molecule has 3 N–H and O–H groups in total. The van der Waals surface area contributed by atoms with Crippen molar-refractivity contribution in [3.8, 4) is 0 Å². The Morgan fingerprint density at radius 1 is 1.27 bits per heavy atom. The van der Waals surface area contributed by atoms with Crippen LogP contribution in [0.25, 0.3) is 0 Å². The molecule has 0 heterocycles. The first-order valence-electron chi connectivity index (χ1n) is 7.56. The van der Waals surface area contributed by atoms with E-state index in [1.165, 1.54) is 19.3 Å². The lowest BCUT2D eigenvalue weighted by molar-refractivity contribution is 0.444. The van der Waals surface area contributed by atoms with E-state index in [-0.39, 0.29) is 24.0 Å². The Balaban J connectivity index is 0. The molecule has 8 heteroatoms. The maximum absolute atomic E-state index is 11.3. The highest BCUT2D eigenvalue weighted by molar-refractivity contribution is 14.0. The van der Waals surface area contributed by atoms with Gasteiger partial charge in [-0.25, -0.2) is 13.1 Å². The standard InChI is InChI=1S/C14H32N4O2S.HI/c1-7-8-9-10-12(2)17-13(15-5)16-11-14(3,4)18-21(6,19)20;/h12,18H,7-11H2,1-6H3,(H2,15,16,17);1H. The molecule has 0 amide bonds. The largest absolute Gasteiger partial charge is 0.355 e. The highest BCUT2D eigenvalue weighted by atomic mass is 127. The monoisotopic (exact) mass is 448 g/mol. The van der Waals surface area contributed by atoms with Crippen LogP contribution < -0.4 is 15.4 Å². The topological polar surface area (TPSA) is 82.6 Å². The molecule has 0 aromatic rings. The van der Waals surface area contributed by atoms with Crippen LogP contribution in [0.1, 0.15) is 53.4 Å². The number of nitrogens with zero attached hydrogens (tertiary/aromatic N) is 1. The highest BCUT2D eigenvalue weighted by Gasteiger charge is 2.22. The number of nitrogens with one attached hydrogen (secondary N) is 3. The lowest BCUT2D eigenvalue weighted by atomic mass is 10.1. The molecular formula is C14H33IN4O2S. The van der Waals surface area contributed by atoms with Crippen molar-refractivity contribution >= 4 is 40.0 Å². The van der Waals surface area contributed by atoms with Gasteiger partial charge in [-0.05, 0) is 27.2 Å². The Morgan fingerprint density at radius 2 is 1.86 bits per heavy atom. The van der Waals surface area contributed by atoms with Gasteiger partial charge in [-0.1, -0.05) is 26.2 Å². The van der Waals surface area contributed by atoms with Crippen LogP contribution in [0.4, 0.5) is 0 Å². The zero-order valence-electron chi connectivity index (χ0n) is 14.7. The van der Waals surface area contributed by atoms with Gasteiger partial charge in [0.05, 0.1) is 6.26 Å². The fourth-order valence-electron chi connectivity index (χ4n) is 2.04. The summed E-state index contributed by atoms with van der Waals surface area (Å²) in [5, 5.41) is 6.49. The summed E-state index contributed by atoms with van der Waals surface area (Å²) in [7, 11) is -1.51. The molecule has 134 valence electrons. The number of sulfonamides is 1. The number of hydrogen-bond donors (Lipinski definition) is 3. The summed E-state index contributed by atoms with van der Waals surface area (Å²) in [4.78, 5) is 4.17. The molecule has 0 aliphatic carbocycles. The number of hydrogen-bond acceptors (Lipinski definition) is 3. The first kappa shape index (κ1) is 24.2. The molecule has 0 aliphatic heterocycles. The minimum absolute atomic E-state index is 0. The zero-order valence-corrected chi connectivity index (χ0v) is 17.8. The third-order valence-corrected chi connectivity index (χ3v) is 3.93. The molecular weight excluding hydrogens is 415 g/mol. The Hall–Kier alpha value is -0.0900. The number of rotatable bonds is 9. The molecule has 0 spiro atoms. The van der Waals surface area contributed by atoms with Crippen LogP contribution in [0.5, 0.6) is 0 Å². The average molecular weight is 448 g/mol. The van der Waals surface area contributed by atoms with Gasteiger partial charge < -0.3 is 10.6 Å².